The molecule has 0 radical (unpaired) electrons. The van der Waals surface area contributed by atoms with Crippen LogP contribution >= 0.6 is 34.4 Å². The quantitative estimate of drug-likeness (QED) is 0.468. The summed E-state index contributed by atoms with van der Waals surface area (Å²) in [5, 5.41) is 11.1. The average molecular weight is 477 g/mol. The van der Waals surface area contributed by atoms with Crippen molar-refractivity contribution in [3.8, 4) is 0 Å². The molecule has 132 valence electrons. The van der Waals surface area contributed by atoms with E-state index in [2.05, 4.69) is 27.6 Å². The number of aliphatic imine (C=N–C) groups is 1. The Morgan fingerprint density at radius 1 is 1.19 bits per heavy atom. The van der Waals surface area contributed by atoms with E-state index in [0.29, 0.717) is 15.6 Å². The van der Waals surface area contributed by atoms with Gasteiger partial charge in [0, 0.05) is 3.57 Å². The van der Waals surface area contributed by atoms with Gasteiger partial charge in [-0.05, 0) is 65.4 Å². The van der Waals surface area contributed by atoms with Crippen molar-refractivity contribution in [2.75, 3.05) is 6.61 Å². The van der Waals surface area contributed by atoms with E-state index in [1.807, 2.05) is 60.7 Å². The van der Waals surface area contributed by atoms with E-state index in [0.717, 1.165) is 9.13 Å². The fourth-order valence-electron chi connectivity index (χ4n) is 2.32. The van der Waals surface area contributed by atoms with Crippen LogP contribution in [-0.4, -0.2) is 22.7 Å². The Morgan fingerprint density at radius 2 is 1.88 bits per heavy atom. The summed E-state index contributed by atoms with van der Waals surface area (Å²) in [6.07, 6.45) is 1.84. The Morgan fingerprint density at radius 3 is 2.54 bits per heavy atom. The van der Waals surface area contributed by atoms with Crippen LogP contribution in [0, 0.1) is 3.57 Å². The van der Waals surface area contributed by atoms with Crippen LogP contribution in [-0.2, 0) is 9.53 Å². The highest BCUT2D eigenvalue weighted by molar-refractivity contribution is 14.1. The highest BCUT2D eigenvalue weighted by atomic mass is 127. The van der Waals surface area contributed by atoms with Gasteiger partial charge in [-0.15, -0.1) is 0 Å². The highest BCUT2D eigenvalue weighted by Gasteiger charge is 2.33. The fraction of sp³-hybridized carbons (Fsp3) is 0.100. The van der Waals surface area contributed by atoms with E-state index < -0.39 is 5.97 Å². The Bertz CT molecular complexity index is 902. The molecule has 1 N–H and O–H groups in total. The molecule has 2 aromatic carbocycles. The first-order valence-corrected chi connectivity index (χ1v) is 9.88. The summed E-state index contributed by atoms with van der Waals surface area (Å²) in [5.41, 5.74) is 1.75. The summed E-state index contributed by atoms with van der Waals surface area (Å²) in [6, 6.07) is 17.2. The second-order valence-corrected chi connectivity index (χ2v) is 7.64. The number of ether oxygens (including phenoxy) is 1. The van der Waals surface area contributed by atoms with Crippen molar-refractivity contribution >= 4 is 57.1 Å². The summed E-state index contributed by atoms with van der Waals surface area (Å²) >= 11 is 3.50. The number of para-hydroxylation sites is 1. The maximum Gasteiger partial charge on any atom is 0.344 e. The topological polar surface area (TPSA) is 58.9 Å². The number of aliphatic hydroxyl groups excluding tert-OH is 1. The van der Waals surface area contributed by atoms with Crippen LogP contribution in [0.25, 0.3) is 6.08 Å². The largest absolute Gasteiger partial charge is 0.506 e. The van der Waals surface area contributed by atoms with E-state index in [9.17, 15) is 9.90 Å². The third-order valence-corrected chi connectivity index (χ3v) is 5.26. The molecule has 0 amide bonds. The number of carbonyl (C=O) groups excluding carboxylic acids is 1. The lowest BCUT2D eigenvalue weighted by Crippen LogP contribution is -2.12. The molecule has 0 fully saturated rings. The normalized spacial score (nSPS) is 17.2. The van der Waals surface area contributed by atoms with Gasteiger partial charge in [0.05, 0.1) is 17.2 Å². The third kappa shape index (κ3) is 4.37. The van der Waals surface area contributed by atoms with Gasteiger partial charge in [0.2, 0.25) is 0 Å². The maximum atomic E-state index is 12.3. The zero-order valence-corrected chi connectivity index (χ0v) is 17.0. The minimum absolute atomic E-state index is 0.0957. The molecule has 6 heteroatoms. The van der Waals surface area contributed by atoms with Crippen LogP contribution < -0.4 is 0 Å². The van der Waals surface area contributed by atoms with Crippen molar-refractivity contribution in [3.05, 3.63) is 80.0 Å². The van der Waals surface area contributed by atoms with Crippen molar-refractivity contribution in [1.29, 1.82) is 0 Å². The Hall–Kier alpha value is -2.06. The number of hydrogen-bond acceptors (Lipinski definition) is 5. The van der Waals surface area contributed by atoms with Gasteiger partial charge < -0.3 is 9.84 Å². The van der Waals surface area contributed by atoms with Gasteiger partial charge in [0.25, 0.3) is 0 Å². The molecule has 1 aliphatic heterocycles. The van der Waals surface area contributed by atoms with Crippen LogP contribution in [0.3, 0.4) is 0 Å². The van der Waals surface area contributed by atoms with E-state index in [1.165, 1.54) is 11.8 Å². The number of nitrogens with zero attached hydrogens (tertiary/aromatic N) is 1. The van der Waals surface area contributed by atoms with E-state index in [-0.39, 0.29) is 17.9 Å². The first-order chi connectivity index (χ1) is 12.6. The number of aliphatic hydroxyl groups is 1. The maximum absolute atomic E-state index is 12.3. The molecule has 0 atom stereocenters. The third-order valence-electron chi connectivity index (χ3n) is 3.52. The zero-order valence-electron chi connectivity index (χ0n) is 14.0. The predicted octanol–water partition coefficient (Wildman–Crippen LogP) is 5.48. The molecular weight excluding hydrogens is 461 g/mol. The molecule has 0 unspecified atom stereocenters. The summed E-state index contributed by atoms with van der Waals surface area (Å²) in [5.74, 6) is -0.667. The Balaban J connectivity index is 2.02. The number of esters is 1. The van der Waals surface area contributed by atoms with Crippen molar-refractivity contribution < 1.29 is 14.6 Å². The van der Waals surface area contributed by atoms with E-state index in [4.69, 9.17) is 4.74 Å². The Labute approximate surface area is 169 Å². The van der Waals surface area contributed by atoms with Crippen molar-refractivity contribution in [3.63, 3.8) is 0 Å². The second-order valence-electron chi connectivity index (χ2n) is 5.36. The molecule has 26 heavy (non-hydrogen) atoms. The van der Waals surface area contributed by atoms with E-state index >= 15 is 0 Å². The summed E-state index contributed by atoms with van der Waals surface area (Å²) in [6.45, 7) is 1.96. The van der Waals surface area contributed by atoms with Crippen LogP contribution in [0.15, 0.2) is 75.8 Å². The molecule has 0 aromatic heterocycles. The number of halogens is 1. The van der Waals surface area contributed by atoms with Crippen LogP contribution in [0.4, 0.5) is 5.69 Å². The first-order valence-electron chi connectivity index (χ1n) is 7.98. The molecule has 0 saturated heterocycles. The number of thioether (sulfide) groups is 1. The van der Waals surface area contributed by atoms with Crippen LogP contribution in [0.1, 0.15) is 12.5 Å². The number of rotatable bonds is 4. The highest BCUT2D eigenvalue weighted by Crippen LogP contribution is 2.40. The molecular formula is C20H16INO3S. The minimum Gasteiger partial charge on any atom is -0.506 e. The van der Waals surface area contributed by atoms with Gasteiger partial charge in [-0.1, -0.05) is 42.1 Å². The molecule has 1 heterocycles. The van der Waals surface area contributed by atoms with Gasteiger partial charge in [0.15, 0.2) is 0 Å². The minimum atomic E-state index is -0.571. The monoisotopic (exact) mass is 477 g/mol. The fourth-order valence-corrected chi connectivity index (χ4v) is 3.72. The Kier molecular flexibility index (Phi) is 6.16. The van der Waals surface area contributed by atoms with Gasteiger partial charge in [-0.2, -0.15) is 0 Å². The lowest BCUT2D eigenvalue weighted by molar-refractivity contribution is -0.138. The van der Waals surface area contributed by atoms with E-state index in [1.54, 1.807) is 6.92 Å². The molecule has 0 saturated carbocycles. The van der Waals surface area contributed by atoms with Gasteiger partial charge in [0.1, 0.15) is 16.4 Å². The lowest BCUT2D eigenvalue weighted by Gasteiger charge is -2.03. The van der Waals surface area contributed by atoms with Gasteiger partial charge in [-0.3, -0.25) is 0 Å². The molecule has 4 nitrogen and oxygen atoms in total. The number of hydrogen-bond donors (Lipinski definition) is 1. The average Bonchev–Trinajstić information content (AvgIpc) is 2.93. The molecule has 1 aliphatic rings. The SMILES string of the molecule is CCOC(=O)C1=C(O)/C(=C/c2ccc(I)cc2)SC1=Nc1ccccc1. The summed E-state index contributed by atoms with van der Waals surface area (Å²) in [4.78, 5) is 17.4. The van der Waals surface area contributed by atoms with Crippen molar-refractivity contribution in [1.82, 2.24) is 0 Å². The van der Waals surface area contributed by atoms with Crippen molar-refractivity contribution in [2.45, 2.75) is 6.92 Å². The standard InChI is InChI=1S/C20H16INO3S/c1-2-25-20(24)17-18(23)16(12-13-8-10-14(21)11-9-13)26-19(17)22-15-6-4-3-5-7-15/h3-12,23H,2H2,1H3/b16-12-,22-19?. The molecule has 2 aromatic rings. The molecule has 0 bridgehead atoms. The van der Waals surface area contributed by atoms with Crippen LogP contribution in [0.2, 0.25) is 0 Å². The van der Waals surface area contributed by atoms with Gasteiger partial charge in [-0.25, -0.2) is 9.79 Å². The smallest absolute Gasteiger partial charge is 0.344 e. The number of benzene rings is 2. The van der Waals surface area contributed by atoms with Gasteiger partial charge >= 0.3 is 5.97 Å². The molecule has 0 spiro atoms. The predicted molar refractivity (Wildman–Crippen MR) is 115 cm³/mol. The van der Waals surface area contributed by atoms with Crippen LogP contribution in [0.5, 0.6) is 0 Å². The lowest BCUT2D eigenvalue weighted by atomic mass is 10.1. The molecule has 0 aliphatic carbocycles. The summed E-state index contributed by atoms with van der Waals surface area (Å²) < 4.78 is 6.23. The second kappa shape index (κ2) is 8.55. The summed E-state index contributed by atoms with van der Waals surface area (Å²) in [7, 11) is 0. The molecule has 3 rings (SSSR count). The first kappa shape index (κ1) is 18.7. The number of carbonyl (C=O) groups is 1. The zero-order chi connectivity index (χ0) is 18.5. The van der Waals surface area contributed by atoms with Crippen molar-refractivity contribution in [2.24, 2.45) is 4.99 Å².